The Labute approximate surface area is 154 Å². The first kappa shape index (κ1) is 20.9. The van der Waals surface area contributed by atoms with Gasteiger partial charge >= 0.3 is 6.18 Å². The molecule has 2 unspecified atom stereocenters. The van der Waals surface area contributed by atoms with Gasteiger partial charge in [0, 0.05) is 30.8 Å². The van der Waals surface area contributed by atoms with E-state index in [1.54, 1.807) is 0 Å². The monoisotopic (exact) mass is 415 g/mol. The zero-order chi connectivity index (χ0) is 18.4. The fraction of sp³-hybridized carbons (Fsp3) is 0.571. The number of nitrogens with zero attached hydrogens (tertiary/aromatic N) is 2. The van der Waals surface area contributed by atoms with Crippen molar-refractivity contribution in [1.29, 1.82) is 0 Å². The number of halogens is 4. The van der Waals surface area contributed by atoms with Gasteiger partial charge in [-0.1, -0.05) is 0 Å². The van der Waals surface area contributed by atoms with Gasteiger partial charge in [0.2, 0.25) is 10.0 Å². The lowest BCUT2D eigenvalue weighted by Gasteiger charge is -2.28. The summed E-state index contributed by atoms with van der Waals surface area (Å²) in [5.74, 6) is 0. The first-order valence-corrected chi connectivity index (χ1v) is 9.16. The summed E-state index contributed by atoms with van der Waals surface area (Å²) in [4.78, 5) is 8.86. The molecule has 0 saturated carbocycles. The zero-order valence-corrected chi connectivity index (χ0v) is 15.0. The molecule has 0 radical (unpaired) electrons. The van der Waals surface area contributed by atoms with Crippen LogP contribution in [-0.4, -0.2) is 42.8 Å². The fourth-order valence-corrected chi connectivity index (χ4v) is 5.62. The van der Waals surface area contributed by atoms with Crippen molar-refractivity contribution >= 4 is 28.1 Å². The number of hydrogen-bond donors (Lipinski definition) is 1. The number of hydrogen-bond acceptors (Lipinski definition) is 5. The van der Waals surface area contributed by atoms with E-state index in [2.05, 4.69) is 5.32 Å². The minimum atomic E-state index is -5.02. The first-order valence-electron chi connectivity index (χ1n) is 7.72. The quantitative estimate of drug-likeness (QED) is 0.605. The number of sulfonamides is 1. The molecule has 146 valence electrons. The van der Waals surface area contributed by atoms with Crippen LogP contribution in [0.5, 0.6) is 0 Å². The van der Waals surface area contributed by atoms with Crippen LogP contribution >= 0.6 is 12.4 Å². The lowest BCUT2D eigenvalue weighted by atomic mass is 10.1. The van der Waals surface area contributed by atoms with Crippen LogP contribution in [0.1, 0.15) is 24.8 Å². The minimum Gasteiger partial charge on any atom is -0.315 e. The first-order chi connectivity index (χ1) is 11.6. The van der Waals surface area contributed by atoms with E-state index in [9.17, 15) is 31.7 Å². The Bertz CT molecular complexity index is 789. The number of nitro benzene ring substituents is 1. The van der Waals surface area contributed by atoms with E-state index in [-0.39, 0.29) is 24.5 Å². The van der Waals surface area contributed by atoms with E-state index < -0.39 is 43.3 Å². The predicted molar refractivity (Wildman–Crippen MR) is 88.7 cm³/mol. The van der Waals surface area contributed by atoms with Crippen LogP contribution < -0.4 is 5.32 Å². The number of nitro groups is 1. The van der Waals surface area contributed by atoms with Crippen LogP contribution in [0.2, 0.25) is 0 Å². The van der Waals surface area contributed by atoms with Crippen LogP contribution in [0.25, 0.3) is 0 Å². The molecule has 2 fully saturated rings. The highest BCUT2D eigenvalue weighted by Gasteiger charge is 2.47. The van der Waals surface area contributed by atoms with Crippen molar-refractivity contribution in [3.8, 4) is 0 Å². The molecule has 0 aliphatic carbocycles. The Morgan fingerprint density at radius 2 is 1.85 bits per heavy atom. The molecule has 1 aromatic carbocycles. The van der Waals surface area contributed by atoms with Gasteiger partial charge in [0.15, 0.2) is 0 Å². The molecule has 3 rings (SSSR count). The summed E-state index contributed by atoms with van der Waals surface area (Å²) in [5, 5.41) is 13.9. The maximum atomic E-state index is 13.4. The zero-order valence-electron chi connectivity index (χ0n) is 13.4. The molecule has 2 atom stereocenters. The molecule has 0 spiro atoms. The fourth-order valence-electron chi connectivity index (χ4n) is 3.52. The summed E-state index contributed by atoms with van der Waals surface area (Å²) in [5.41, 5.74) is -2.30. The van der Waals surface area contributed by atoms with Crippen molar-refractivity contribution in [3.63, 3.8) is 0 Å². The van der Waals surface area contributed by atoms with Crippen LogP contribution in [-0.2, 0) is 16.2 Å². The van der Waals surface area contributed by atoms with Crippen LogP contribution in [0.3, 0.4) is 0 Å². The van der Waals surface area contributed by atoms with Crippen molar-refractivity contribution in [2.24, 2.45) is 0 Å². The molecule has 2 saturated heterocycles. The largest absolute Gasteiger partial charge is 0.417 e. The van der Waals surface area contributed by atoms with E-state index >= 15 is 0 Å². The van der Waals surface area contributed by atoms with Crippen LogP contribution in [0, 0.1) is 10.1 Å². The predicted octanol–water partition coefficient (Wildman–Crippen LogP) is 2.55. The van der Waals surface area contributed by atoms with Gasteiger partial charge in [0.25, 0.3) is 5.69 Å². The van der Waals surface area contributed by atoms with Crippen molar-refractivity contribution in [3.05, 3.63) is 33.9 Å². The third-order valence-corrected chi connectivity index (χ3v) is 6.69. The van der Waals surface area contributed by atoms with E-state index in [1.807, 2.05) is 0 Å². The van der Waals surface area contributed by atoms with Gasteiger partial charge in [-0.3, -0.25) is 10.1 Å². The second kappa shape index (κ2) is 7.29. The average molecular weight is 416 g/mol. The Morgan fingerprint density at radius 3 is 2.46 bits per heavy atom. The van der Waals surface area contributed by atoms with Crippen molar-refractivity contribution in [2.45, 2.75) is 42.4 Å². The molecule has 2 bridgehead atoms. The second-order valence-electron chi connectivity index (χ2n) is 6.15. The Kier molecular flexibility index (Phi) is 5.86. The molecule has 1 N–H and O–H groups in total. The van der Waals surface area contributed by atoms with Gasteiger partial charge in [-0.15, -0.1) is 12.4 Å². The minimum absolute atomic E-state index is 0. The molecule has 2 heterocycles. The van der Waals surface area contributed by atoms with Gasteiger partial charge < -0.3 is 5.32 Å². The highest BCUT2D eigenvalue weighted by molar-refractivity contribution is 7.89. The topological polar surface area (TPSA) is 92.5 Å². The van der Waals surface area contributed by atoms with Gasteiger partial charge in [0.1, 0.15) is 0 Å². The average Bonchev–Trinajstić information content (AvgIpc) is 2.79. The molecule has 0 amide bonds. The molecular formula is C14H17ClF3N3O4S. The molecule has 7 nitrogen and oxygen atoms in total. The van der Waals surface area contributed by atoms with Gasteiger partial charge in [-0.05, 0) is 31.9 Å². The summed E-state index contributed by atoms with van der Waals surface area (Å²) >= 11 is 0. The summed E-state index contributed by atoms with van der Waals surface area (Å²) in [6, 6.07) is 0.994. The van der Waals surface area contributed by atoms with E-state index in [0.717, 1.165) is 10.4 Å². The highest BCUT2D eigenvalue weighted by atomic mass is 35.5. The van der Waals surface area contributed by atoms with Crippen LogP contribution in [0.15, 0.2) is 23.1 Å². The number of nitrogens with one attached hydrogen (secondary N) is 1. The molecule has 0 aromatic heterocycles. The van der Waals surface area contributed by atoms with E-state index in [0.29, 0.717) is 38.4 Å². The normalized spacial score (nSPS) is 24.0. The standard InChI is InChI=1S/C14H16F3N3O4S.ClH/c15-14(16,17)12-7-10(20(21)22)3-4-13(12)25(23,24)19-9-1-2-11(19)8-18-6-5-9;/h3-4,7,9,11,18H,1-2,5-6,8H2;1H. The Balaban J connectivity index is 0.00000243. The van der Waals surface area contributed by atoms with Gasteiger partial charge in [-0.25, -0.2) is 8.42 Å². The highest BCUT2D eigenvalue weighted by Crippen LogP contribution is 2.40. The van der Waals surface area contributed by atoms with Crippen molar-refractivity contribution < 1.29 is 26.5 Å². The van der Waals surface area contributed by atoms with E-state index in [4.69, 9.17) is 0 Å². The second-order valence-corrected chi connectivity index (χ2v) is 7.96. The summed E-state index contributed by atoms with van der Waals surface area (Å²) < 4.78 is 67.2. The number of rotatable bonds is 3. The molecular weight excluding hydrogens is 399 g/mol. The van der Waals surface area contributed by atoms with Crippen LogP contribution in [0.4, 0.5) is 18.9 Å². The third-order valence-electron chi connectivity index (χ3n) is 4.62. The smallest absolute Gasteiger partial charge is 0.315 e. The van der Waals surface area contributed by atoms with Crippen molar-refractivity contribution in [1.82, 2.24) is 9.62 Å². The maximum absolute atomic E-state index is 13.4. The number of alkyl halides is 3. The molecule has 12 heteroatoms. The Morgan fingerprint density at radius 1 is 1.19 bits per heavy atom. The number of non-ortho nitro benzene ring substituents is 1. The van der Waals surface area contributed by atoms with Gasteiger partial charge in [-0.2, -0.15) is 17.5 Å². The van der Waals surface area contributed by atoms with E-state index in [1.165, 1.54) is 0 Å². The molecule has 1 aromatic rings. The number of benzene rings is 1. The maximum Gasteiger partial charge on any atom is 0.417 e. The molecule has 2 aliphatic rings. The summed E-state index contributed by atoms with van der Waals surface area (Å²) in [6.45, 7) is 0.976. The lowest BCUT2D eigenvalue weighted by Crippen LogP contribution is -2.43. The van der Waals surface area contributed by atoms with Crippen molar-refractivity contribution in [2.75, 3.05) is 13.1 Å². The third kappa shape index (κ3) is 3.66. The number of fused-ring (bicyclic) bond motifs is 2. The Hall–Kier alpha value is -1.43. The lowest BCUT2D eigenvalue weighted by molar-refractivity contribution is -0.385. The van der Waals surface area contributed by atoms with Gasteiger partial charge in [0.05, 0.1) is 15.4 Å². The SMILES string of the molecule is Cl.O=[N+]([O-])c1ccc(S(=O)(=O)N2C3CCNCC2CC3)c(C(F)(F)F)c1. The molecule has 26 heavy (non-hydrogen) atoms. The molecule has 2 aliphatic heterocycles. The summed E-state index contributed by atoms with van der Waals surface area (Å²) in [7, 11) is -4.43. The summed E-state index contributed by atoms with van der Waals surface area (Å²) in [6.07, 6.45) is -3.33.